The van der Waals surface area contributed by atoms with Crippen molar-refractivity contribution < 1.29 is 14.4 Å². The smallest absolute Gasteiger partial charge is 0.326 e. The molecule has 0 saturated carbocycles. The molecule has 2 aromatic rings. The Hall–Kier alpha value is -3.41. The number of para-hydroxylation sites is 1. The summed E-state index contributed by atoms with van der Waals surface area (Å²) in [5.74, 6) is -0.735. The minimum Gasteiger partial charge on any atom is -0.326 e. The van der Waals surface area contributed by atoms with Crippen molar-refractivity contribution in [2.75, 3.05) is 16.8 Å². The number of rotatable bonds is 6. The van der Waals surface area contributed by atoms with Gasteiger partial charge in [0.1, 0.15) is 6.04 Å². The quantitative estimate of drug-likeness (QED) is 0.632. The van der Waals surface area contributed by atoms with Gasteiger partial charge < -0.3 is 10.2 Å². The third kappa shape index (κ3) is 3.89. The van der Waals surface area contributed by atoms with E-state index in [4.69, 9.17) is 0 Å². The van der Waals surface area contributed by atoms with E-state index < -0.39 is 18.0 Å². The van der Waals surface area contributed by atoms with E-state index in [1.54, 1.807) is 30.3 Å². The van der Waals surface area contributed by atoms with E-state index in [0.29, 0.717) is 11.4 Å². The van der Waals surface area contributed by atoms with E-state index >= 15 is 0 Å². The fraction of sp³-hybridized carbons (Fsp3) is 0.190. The van der Waals surface area contributed by atoms with E-state index in [1.807, 2.05) is 37.3 Å². The zero-order valence-electron chi connectivity index (χ0n) is 15.1. The number of hydrogen-bond donors (Lipinski definition) is 1. The predicted molar refractivity (Wildman–Crippen MR) is 104 cm³/mol. The molecular formula is C21H21N3O3. The molecule has 0 aromatic heterocycles. The van der Waals surface area contributed by atoms with Crippen LogP contribution in [0.5, 0.6) is 0 Å². The Kier molecular flexibility index (Phi) is 5.35. The molecule has 138 valence electrons. The lowest BCUT2D eigenvalue weighted by atomic mass is 10.1. The monoisotopic (exact) mass is 363 g/mol. The second-order valence-electron chi connectivity index (χ2n) is 6.37. The number of aryl methyl sites for hydroxylation is 1. The largest absolute Gasteiger partial charge is 0.332 e. The van der Waals surface area contributed by atoms with Gasteiger partial charge in [-0.05, 0) is 31.2 Å². The van der Waals surface area contributed by atoms with Crippen molar-refractivity contribution in [1.29, 1.82) is 0 Å². The number of carbonyl (C=O) groups excluding carboxylic acids is 3. The minimum absolute atomic E-state index is 0.115. The number of nitrogens with one attached hydrogen (secondary N) is 1. The van der Waals surface area contributed by atoms with Crippen molar-refractivity contribution in [2.24, 2.45) is 0 Å². The van der Waals surface area contributed by atoms with Crippen molar-refractivity contribution in [2.45, 2.75) is 19.4 Å². The maximum atomic E-state index is 12.9. The van der Waals surface area contributed by atoms with Crippen LogP contribution < -0.4 is 10.2 Å². The maximum absolute atomic E-state index is 12.9. The Labute approximate surface area is 158 Å². The summed E-state index contributed by atoms with van der Waals surface area (Å²) in [6.07, 6.45) is 1.43. The summed E-state index contributed by atoms with van der Waals surface area (Å²) in [5, 5.41) is 2.76. The third-order valence-corrected chi connectivity index (χ3v) is 4.37. The van der Waals surface area contributed by atoms with Crippen molar-refractivity contribution in [3.63, 3.8) is 0 Å². The molecule has 1 N–H and O–H groups in total. The second kappa shape index (κ2) is 7.86. The van der Waals surface area contributed by atoms with Gasteiger partial charge in [-0.25, -0.2) is 9.69 Å². The first-order valence-corrected chi connectivity index (χ1v) is 8.68. The molecule has 3 rings (SSSR count). The van der Waals surface area contributed by atoms with Crippen LogP contribution in [-0.2, 0) is 9.59 Å². The van der Waals surface area contributed by atoms with Crippen LogP contribution in [0.2, 0.25) is 0 Å². The summed E-state index contributed by atoms with van der Waals surface area (Å²) < 4.78 is 0. The third-order valence-electron chi connectivity index (χ3n) is 4.37. The Balaban J connectivity index is 1.81. The number of benzene rings is 2. The lowest BCUT2D eigenvalue weighted by Gasteiger charge is -2.19. The Morgan fingerprint density at radius 2 is 1.78 bits per heavy atom. The highest BCUT2D eigenvalue weighted by Gasteiger charge is 2.46. The summed E-state index contributed by atoms with van der Waals surface area (Å²) in [6, 6.07) is 14.8. The number of nitrogens with zero attached hydrogens (tertiary/aromatic N) is 2. The summed E-state index contributed by atoms with van der Waals surface area (Å²) in [5.41, 5.74) is 2.17. The topological polar surface area (TPSA) is 69.7 Å². The summed E-state index contributed by atoms with van der Waals surface area (Å²) >= 11 is 0. The second-order valence-corrected chi connectivity index (χ2v) is 6.37. The van der Waals surface area contributed by atoms with Crippen LogP contribution in [0.3, 0.4) is 0 Å². The van der Waals surface area contributed by atoms with Gasteiger partial charge in [-0.1, -0.05) is 42.0 Å². The van der Waals surface area contributed by atoms with Crippen LogP contribution in [0, 0.1) is 6.92 Å². The van der Waals surface area contributed by atoms with Crippen LogP contribution in [0.25, 0.3) is 0 Å². The number of imide groups is 1. The highest BCUT2D eigenvalue weighted by atomic mass is 16.2. The molecular weight excluding hydrogens is 342 g/mol. The van der Waals surface area contributed by atoms with Gasteiger partial charge in [0.2, 0.25) is 5.91 Å². The highest BCUT2D eigenvalue weighted by molar-refractivity contribution is 6.22. The van der Waals surface area contributed by atoms with Crippen molar-refractivity contribution in [3.05, 3.63) is 72.8 Å². The van der Waals surface area contributed by atoms with Gasteiger partial charge in [0.25, 0.3) is 5.91 Å². The molecule has 1 atom stereocenters. The maximum Gasteiger partial charge on any atom is 0.332 e. The normalized spacial score (nSPS) is 16.6. The molecule has 0 aliphatic carbocycles. The van der Waals surface area contributed by atoms with Crippen LogP contribution >= 0.6 is 0 Å². The molecule has 1 fully saturated rings. The standard InChI is InChI=1S/C21H21N3O3/c1-3-13-23-18(14-19(25)22-16-7-5-4-6-8-16)20(26)24(21(23)27)17-11-9-15(2)10-12-17/h3-12,18H,1,13-14H2,2H3,(H,22,25)/t18-/m0/s1. The molecule has 0 unspecified atom stereocenters. The van der Waals surface area contributed by atoms with Crippen LogP contribution in [-0.4, -0.2) is 35.3 Å². The lowest BCUT2D eigenvalue weighted by Crippen LogP contribution is -2.38. The van der Waals surface area contributed by atoms with Crippen LogP contribution in [0.4, 0.5) is 16.2 Å². The SMILES string of the molecule is C=CCN1C(=O)N(c2ccc(C)cc2)C(=O)[C@@H]1CC(=O)Nc1ccccc1. The highest BCUT2D eigenvalue weighted by Crippen LogP contribution is 2.27. The summed E-state index contributed by atoms with van der Waals surface area (Å²) in [7, 11) is 0. The Bertz CT molecular complexity index is 862. The molecule has 2 aromatic carbocycles. The molecule has 0 spiro atoms. The Morgan fingerprint density at radius 3 is 2.41 bits per heavy atom. The molecule has 1 saturated heterocycles. The zero-order valence-corrected chi connectivity index (χ0v) is 15.1. The molecule has 6 nitrogen and oxygen atoms in total. The van der Waals surface area contributed by atoms with Crippen LogP contribution in [0.15, 0.2) is 67.3 Å². The summed E-state index contributed by atoms with van der Waals surface area (Å²) in [4.78, 5) is 40.6. The number of urea groups is 1. The fourth-order valence-corrected chi connectivity index (χ4v) is 3.02. The first kappa shape index (κ1) is 18.4. The van der Waals surface area contributed by atoms with Gasteiger partial charge in [-0.3, -0.25) is 9.59 Å². The van der Waals surface area contributed by atoms with E-state index in [2.05, 4.69) is 11.9 Å². The van der Waals surface area contributed by atoms with E-state index in [0.717, 1.165) is 10.5 Å². The van der Waals surface area contributed by atoms with Gasteiger partial charge in [0.05, 0.1) is 12.1 Å². The molecule has 4 amide bonds. The van der Waals surface area contributed by atoms with Crippen molar-refractivity contribution in [1.82, 2.24) is 4.90 Å². The predicted octanol–water partition coefficient (Wildman–Crippen LogP) is 3.35. The van der Waals surface area contributed by atoms with E-state index in [-0.39, 0.29) is 18.9 Å². The Morgan fingerprint density at radius 1 is 1.11 bits per heavy atom. The minimum atomic E-state index is -0.861. The lowest BCUT2D eigenvalue weighted by molar-refractivity contribution is -0.124. The van der Waals surface area contributed by atoms with Gasteiger partial charge in [-0.15, -0.1) is 6.58 Å². The van der Waals surface area contributed by atoms with Gasteiger partial charge in [0, 0.05) is 12.2 Å². The molecule has 27 heavy (non-hydrogen) atoms. The van der Waals surface area contributed by atoms with Crippen molar-refractivity contribution >= 4 is 29.2 Å². The van der Waals surface area contributed by atoms with Gasteiger partial charge in [0.15, 0.2) is 0 Å². The van der Waals surface area contributed by atoms with Gasteiger partial charge >= 0.3 is 6.03 Å². The number of anilines is 2. The van der Waals surface area contributed by atoms with E-state index in [9.17, 15) is 14.4 Å². The summed E-state index contributed by atoms with van der Waals surface area (Å²) in [6.45, 7) is 5.77. The molecule has 1 aliphatic heterocycles. The fourth-order valence-electron chi connectivity index (χ4n) is 3.02. The molecule has 1 heterocycles. The number of hydrogen-bond acceptors (Lipinski definition) is 3. The first-order valence-electron chi connectivity index (χ1n) is 8.68. The molecule has 0 bridgehead atoms. The van der Waals surface area contributed by atoms with Crippen LogP contribution in [0.1, 0.15) is 12.0 Å². The van der Waals surface area contributed by atoms with Gasteiger partial charge in [-0.2, -0.15) is 0 Å². The number of amides is 4. The molecule has 1 aliphatic rings. The zero-order chi connectivity index (χ0) is 19.4. The molecule has 0 radical (unpaired) electrons. The van der Waals surface area contributed by atoms with Crippen molar-refractivity contribution in [3.8, 4) is 0 Å². The molecule has 6 heteroatoms. The first-order chi connectivity index (χ1) is 13.0. The van der Waals surface area contributed by atoms with E-state index in [1.165, 1.54) is 4.90 Å². The number of carbonyl (C=O) groups is 3. The average molecular weight is 363 g/mol. The average Bonchev–Trinajstić information content (AvgIpc) is 2.88.